The van der Waals surface area contributed by atoms with Gasteiger partial charge in [-0.3, -0.25) is 0 Å². The lowest BCUT2D eigenvalue weighted by atomic mass is 10.2. The first kappa shape index (κ1) is 8.44. The standard InChI is InChI=1S/C7H6BrClS/c1-4-2-7(10)6(9)3-5(4)8/h2-3,10H,1H3. The highest BCUT2D eigenvalue weighted by Crippen LogP contribution is 2.27. The number of halogens is 2. The van der Waals surface area contributed by atoms with Gasteiger partial charge >= 0.3 is 0 Å². The van der Waals surface area contributed by atoms with Crippen LogP contribution < -0.4 is 0 Å². The lowest BCUT2D eigenvalue weighted by molar-refractivity contribution is 1.34. The lowest BCUT2D eigenvalue weighted by Crippen LogP contribution is -1.76. The summed E-state index contributed by atoms with van der Waals surface area (Å²) in [7, 11) is 0. The number of hydrogen-bond donors (Lipinski definition) is 1. The van der Waals surface area contributed by atoms with Gasteiger partial charge in [-0.2, -0.15) is 0 Å². The molecule has 3 heteroatoms. The van der Waals surface area contributed by atoms with E-state index in [1.807, 2.05) is 19.1 Å². The molecule has 0 saturated carbocycles. The van der Waals surface area contributed by atoms with Crippen LogP contribution in [0.1, 0.15) is 5.56 Å². The van der Waals surface area contributed by atoms with Crippen molar-refractivity contribution < 1.29 is 0 Å². The van der Waals surface area contributed by atoms with Crippen molar-refractivity contribution in [3.05, 3.63) is 27.2 Å². The van der Waals surface area contributed by atoms with Gasteiger partial charge in [0.1, 0.15) is 0 Å². The fourth-order valence-corrected chi connectivity index (χ4v) is 1.54. The van der Waals surface area contributed by atoms with Crippen molar-refractivity contribution in [2.45, 2.75) is 11.8 Å². The zero-order valence-corrected chi connectivity index (χ0v) is 8.59. The average molecular weight is 238 g/mol. The Morgan fingerprint density at radius 3 is 2.60 bits per heavy atom. The van der Waals surface area contributed by atoms with Gasteiger partial charge in [-0.1, -0.05) is 27.5 Å². The predicted molar refractivity (Wildman–Crippen MR) is 51.1 cm³/mol. The maximum Gasteiger partial charge on any atom is 0.0550 e. The molecule has 0 radical (unpaired) electrons. The molecule has 0 aromatic heterocycles. The molecule has 0 amide bonds. The van der Waals surface area contributed by atoms with E-state index in [2.05, 4.69) is 28.6 Å². The van der Waals surface area contributed by atoms with Crippen LogP contribution >= 0.6 is 40.2 Å². The van der Waals surface area contributed by atoms with Crippen LogP contribution in [0.25, 0.3) is 0 Å². The summed E-state index contributed by atoms with van der Waals surface area (Å²) < 4.78 is 1.02. The van der Waals surface area contributed by atoms with Gasteiger partial charge in [0.2, 0.25) is 0 Å². The second-order valence-corrected chi connectivity index (χ2v) is 3.80. The van der Waals surface area contributed by atoms with Crippen molar-refractivity contribution in [2.24, 2.45) is 0 Å². The molecule has 0 spiro atoms. The van der Waals surface area contributed by atoms with Gasteiger partial charge in [0.05, 0.1) is 5.02 Å². The molecule has 0 unspecified atom stereocenters. The van der Waals surface area contributed by atoms with E-state index in [1.54, 1.807) is 0 Å². The summed E-state index contributed by atoms with van der Waals surface area (Å²) in [5.41, 5.74) is 1.15. The van der Waals surface area contributed by atoms with Crippen molar-refractivity contribution in [2.75, 3.05) is 0 Å². The zero-order valence-electron chi connectivity index (χ0n) is 5.36. The lowest BCUT2D eigenvalue weighted by Gasteiger charge is -2.00. The minimum absolute atomic E-state index is 0.681. The number of rotatable bonds is 0. The molecule has 1 aromatic carbocycles. The quantitative estimate of drug-likeness (QED) is 0.654. The highest BCUT2D eigenvalue weighted by Gasteiger charge is 1.99. The molecule has 54 valence electrons. The van der Waals surface area contributed by atoms with E-state index in [-0.39, 0.29) is 0 Å². The smallest absolute Gasteiger partial charge is 0.0550 e. The van der Waals surface area contributed by atoms with Crippen LogP contribution in [0, 0.1) is 6.92 Å². The van der Waals surface area contributed by atoms with Gasteiger partial charge in [-0.05, 0) is 24.6 Å². The van der Waals surface area contributed by atoms with E-state index < -0.39 is 0 Å². The number of hydrogen-bond acceptors (Lipinski definition) is 1. The van der Waals surface area contributed by atoms with Crippen molar-refractivity contribution in [3.63, 3.8) is 0 Å². The van der Waals surface area contributed by atoms with E-state index in [0.29, 0.717) is 5.02 Å². The van der Waals surface area contributed by atoms with Gasteiger partial charge in [0, 0.05) is 9.37 Å². The monoisotopic (exact) mass is 236 g/mol. The Morgan fingerprint density at radius 1 is 1.50 bits per heavy atom. The molecular formula is C7H6BrClS. The van der Waals surface area contributed by atoms with E-state index in [0.717, 1.165) is 14.9 Å². The zero-order chi connectivity index (χ0) is 7.72. The first-order valence-corrected chi connectivity index (χ1v) is 4.37. The molecule has 10 heavy (non-hydrogen) atoms. The van der Waals surface area contributed by atoms with E-state index in [1.165, 1.54) is 0 Å². The van der Waals surface area contributed by atoms with Crippen molar-refractivity contribution in [1.82, 2.24) is 0 Å². The summed E-state index contributed by atoms with van der Waals surface area (Å²) in [5.74, 6) is 0. The molecular weight excluding hydrogens is 232 g/mol. The van der Waals surface area contributed by atoms with E-state index in [9.17, 15) is 0 Å². The maximum absolute atomic E-state index is 5.78. The summed E-state index contributed by atoms with van der Waals surface area (Å²) in [6, 6.07) is 3.77. The van der Waals surface area contributed by atoms with Crippen LogP contribution in [0.15, 0.2) is 21.5 Å². The van der Waals surface area contributed by atoms with E-state index in [4.69, 9.17) is 11.6 Å². The molecule has 0 aliphatic rings. The number of benzene rings is 1. The molecule has 0 N–H and O–H groups in total. The summed E-state index contributed by atoms with van der Waals surface area (Å²) in [6.07, 6.45) is 0. The molecule has 0 saturated heterocycles. The van der Waals surface area contributed by atoms with Gasteiger partial charge in [-0.15, -0.1) is 12.6 Å². The molecule has 0 aliphatic heterocycles. The Bertz CT molecular complexity index is 210. The molecule has 1 aromatic rings. The first-order chi connectivity index (χ1) is 4.61. The van der Waals surface area contributed by atoms with Gasteiger partial charge in [-0.25, -0.2) is 0 Å². The second kappa shape index (κ2) is 3.16. The molecule has 1 rings (SSSR count). The number of thiol groups is 1. The molecule has 0 bridgehead atoms. The average Bonchev–Trinajstić information content (AvgIpc) is 1.84. The van der Waals surface area contributed by atoms with Crippen LogP contribution in [0.2, 0.25) is 5.02 Å². The summed E-state index contributed by atoms with van der Waals surface area (Å²) in [5, 5.41) is 0.681. The molecule has 0 nitrogen and oxygen atoms in total. The van der Waals surface area contributed by atoms with Crippen LogP contribution in [-0.2, 0) is 0 Å². The Morgan fingerprint density at radius 2 is 2.10 bits per heavy atom. The van der Waals surface area contributed by atoms with Crippen LogP contribution in [0.3, 0.4) is 0 Å². The normalized spacial score (nSPS) is 10.0. The largest absolute Gasteiger partial charge is 0.142 e. The van der Waals surface area contributed by atoms with Gasteiger partial charge in [0.25, 0.3) is 0 Å². The Labute approximate surface area is 79.1 Å². The third-order valence-corrected chi connectivity index (χ3v) is 2.90. The maximum atomic E-state index is 5.78. The highest BCUT2D eigenvalue weighted by atomic mass is 79.9. The minimum atomic E-state index is 0.681. The second-order valence-electron chi connectivity index (χ2n) is 2.05. The third-order valence-electron chi connectivity index (χ3n) is 1.23. The van der Waals surface area contributed by atoms with E-state index >= 15 is 0 Å². The SMILES string of the molecule is Cc1cc(S)c(Cl)cc1Br. The van der Waals surface area contributed by atoms with Crippen molar-refractivity contribution in [3.8, 4) is 0 Å². The predicted octanol–water partition coefficient (Wildman–Crippen LogP) is 3.70. The summed E-state index contributed by atoms with van der Waals surface area (Å²) in [4.78, 5) is 0.822. The van der Waals surface area contributed by atoms with Crippen LogP contribution in [0.5, 0.6) is 0 Å². The highest BCUT2D eigenvalue weighted by molar-refractivity contribution is 9.10. The van der Waals surface area contributed by atoms with Gasteiger partial charge in [0.15, 0.2) is 0 Å². The fraction of sp³-hybridized carbons (Fsp3) is 0.143. The first-order valence-electron chi connectivity index (χ1n) is 2.76. The Balaban J connectivity index is 3.28. The minimum Gasteiger partial charge on any atom is -0.142 e. The molecule has 0 heterocycles. The van der Waals surface area contributed by atoms with Gasteiger partial charge < -0.3 is 0 Å². The van der Waals surface area contributed by atoms with Crippen LogP contribution in [-0.4, -0.2) is 0 Å². The molecule has 0 atom stereocenters. The third kappa shape index (κ3) is 1.68. The Hall–Kier alpha value is 0.340. The van der Waals surface area contributed by atoms with Crippen LogP contribution in [0.4, 0.5) is 0 Å². The number of aryl methyl sites for hydroxylation is 1. The Kier molecular flexibility index (Phi) is 2.67. The summed E-state index contributed by atoms with van der Waals surface area (Å²) in [6.45, 7) is 2.00. The van der Waals surface area contributed by atoms with Crippen molar-refractivity contribution >= 4 is 40.2 Å². The molecule has 0 aliphatic carbocycles. The summed E-state index contributed by atoms with van der Waals surface area (Å²) >= 11 is 13.3. The van der Waals surface area contributed by atoms with Crippen molar-refractivity contribution in [1.29, 1.82) is 0 Å². The fourth-order valence-electron chi connectivity index (χ4n) is 0.642. The topological polar surface area (TPSA) is 0 Å². The molecule has 0 fully saturated rings.